The number of aryl methyl sites for hydroxylation is 1. The van der Waals surface area contributed by atoms with Crippen LogP contribution in [0.5, 0.6) is 5.75 Å². The fraction of sp³-hybridized carbons (Fsp3) is 0.385. The van der Waals surface area contributed by atoms with Gasteiger partial charge in [-0.25, -0.2) is 4.39 Å². The van der Waals surface area contributed by atoms with Crippen molar-refractivity contribution in [2.75, 3.05) is 7.11 Å². The van der Waals surface area contributed by atoms with E-state index in [-0.39, 0.29) is 21.5 Å². The molecule has 1 saturated heterocycles. The lowest BCUT2D eigenvalue weighted by atomic mass is 9.62. The fourth-order valence-corrected chi connectivity index (χ4v) is 5.40. The molecule has 1 N–H and O–H groups in total. The van der Waals surface area contributed by atoms with Gasteiger partial charge in [0, 0.05) is 5.56 Å². The van der Waals surface area contributed by atoms with E-state index in [1.807, 2.05) is 6.92 Å². The van der Waals surface area contributed by atoms with E-state index in [9.17, 15) is 14.0 Å². The molecule has 0 unspecified atom stereocenters. The third kappa shape index (κ3) is 3.75. The SMILES string of the molecule is COc1c(F)ccc(/C=C2\SC(=O)NC2=O)c1-c1cc2c(cc1C)C(C)(C)CCC2(C)C. The number of fused-ring (bicyclic) bond motifs is 1. The highest BCUT2D eigenvalue weighted by atomic mass is 32.2. The number of benzene rings is 2. The monoisotopic (exact) mass is 453 g/mol. The first-order valence-electron chi connectivity index (χ1n) is 10.7. The van der Waals surface area contributed by atoms with Gasteiger partial charge in [-0.1, -0.05) is 39.8 Å². The van der Waals surface area contributed by atoms with Crippen LogP contribution in [0.4, 0.5) is 9.18 Å². The Bertz CT molecular complexity index is 1180. The zero-order valence-corrected chi connectivity index (χ0v) is 20.1. The Kier molecular flexibility index (Phi) is 5.48. The summed E-state index contributed by atoms with van der Waals surface area (Å²) < 4.78 is 20.3. The molecule has 6 heteroatoms. The number of thioether (sulfide) groups is 1. The number of amides is 2. The second kappa shape index (κ2) is 7.77. The second-order valence-corrected chi connectivity index (χ2v) is 10.9. The van der Waals surface area contributed by atoms with Crippen LogP contribution in [0.1, 0.15) is 62.8 Å². The lowest BCUT2D eigenvalue weighted by molar-refractivity contribution is -0.115. The Labute approximate surface area is 192 Å². The van der Waals surface area contributed by atoms with Gasteiger partial charge in [-0.15, -0.1) is 0 Å². The van der Waals surface area contributed by atoms with Gasteiger partial charge >= 0.3 is 0 Å². The van der Waals surface area contributed by atoms with Crippen LogP contribution in [0.25, 0.3) is 17.2 Å². The van der Waals surface area contributed by atoms with Gasteiger partial charge in [0.15, 0.2) is 11.6 Å². The molecule has 4 rings (SSSR count). The number of methoxy groups -OCH3 is 1. The van der Waals surface area contributed by atoms with Crippen molar-refractivity contribution in [3.05, 3.63) is 57.2 Å². The van der Waals surface area contributed by atoms with Crippen molar-refractivity contribution in [2.24, 2.45) is 0 Å². The van der Waals surface area contributed by atoms with Crippen molar-refractivity contribution in [1.82, 2.24) is 5.32 Å². The fourth-order valence-electron chi connectivity index (χ4n) is 4.72. The molecular formula is C26H28FNO3S. The zero-order valence-electron chi connectivity index (χ0n) is 19.3. The van der Waals surface area contributed by atoms with E-state index in [1.165, 1.54) is 24.3 Å². The van der Waals surface area contributed by atoms with E-state index in [0.29, 0.717) is 11.1 Å². The summed E-state index contributed by atoms with van der Waals surface area (Å²) in [6.45, 7) is 11.1. The van der Waals surface area contributed by atoms with Gasteiger partial charge in [0.25, 0.3) is 11.1 Å². The van der Waals surface area contributed by atoms with Gasteiger partial charge in [0.1, 0.15) is 0 Å². The topological polar surface area (TPSA) is 55.4 Å². The van der Waals surface area contributed by atoms with Crippen LogP contribution in [0.15, 0.2) is 29.2 Å². The van der Waals surface area contributed by atoms with Gasteiger partial charge in [0.2, 0.25) is 0 Å². The molecular weight excluding hydrogens is 425 g/mol. The Morgan fingerprint density at radius 1 is 1.06 bits per heavy atom. The summed E-state index contributed by atoms with van der Waals surface area (Å²) in [4.78, 5) is 24.1. The smallest absolute Gasteiger partial charge is 0.290 e. The highest BCUT2D eigenvalue weighted by Crippen LogP contribution is 2.49. The summed E-state index contributed by atoms with van der Waals surface area (Å²) in [5.41, 5.74) is 5.72. The maximum atomic E-state index is 14.8. The molecule has 1 aliphatic carbocycles. The molecule has 0 atom stereocenters. The lowest BCUT2D eigenvalue weighted by Gasteiger charge is -2.42. The molecule has 0 aromatic heterocycles. The highest BCUT2D eigenvalue weighted by molar-refractivity contribution is 8.18. The number of rotatable bonds is 3. The Hall–Kier alpha value is -2.60. The maximum absolute atomic E-state index is 14.8. The van der Waals surface area contributed by atoms with Gasteiger partial charge in [-0.3, -0.25) is 14.9 Å². The molecule has 2 amide bonds. The van der Waals surface area contributed by atoms with Gasteiger partial charge in [-0.2, -0.15) is 0 Å². The van der Waals surface area contributed by atoms with Crippen molar-refractivity contribution in [1.29, 1.82) is 0 Å². The van der Waals surface area contributed by atoms with E-state index in [0.717, 1.165) is 35.7 Å². The van der Waals surface area contributed by atoms with Crippen LogP contribution in [-0.4, -0.2) is 18.3 Å². The second-order valence-electron chi connectivity index (χ2n) is 9.88. The van der Waals surface area contributed by atoms with Crippen LogP contribution >= 0.6 is 11.8 Å². The van der Waals surface area contributed by atoms with E-state index in [2.05, 4.69) is 45.1 Å². The average molecular weight is 454 g/mol. The number of hydrogen-bond acceptors (Lipinski definition) is 4. The molecule has 0 saturated carbocycles. The molecule has 2 aromatic carbocycles. The number of nitrogens with one attached hydrogen (secondary N) is 1. The summed E-state index contributed by atoms with van der Waals surface area (Å²) in [5, 5.41) is 1.86. The van der Waals surface area contributed by atoms with Crippen molar-refractivity contribution in [2.45, 2.75) is 58.3 Å². The first-order valence-corrected chi connectivity index (χ1v) is 11.5. The molecule has 4 nitrogen and oxygen atoms in total. The molecule has 1 aliphatic heterocycles. The Balaban J connectivity index is 2.00. The number of carbonyl (C=O) groups is 2. The molecule has 1 fully saturated rings. The van der Waals surface area contributed by atoms with Crippen LogP contribution in [0.2, 0.25) is 0 Å². The van der Waals surface area contributed by atoms with Crippen LogP contribution < -0.4 is 10.1 Å². The molecule has 0 radical (unpaired) electrons. The number of ether oxygens (including phenoxy) is 1. The van der Waals surface area contributed by atoms with Crippen LogP contribution in [-0.2, 0) is 15.6 Å². The molecule has 0 bridgehead atoms. The predicted octanol–water partition coefficient (Wildman–Crippen LogP) is 6.48. The van der Waals surface area contributed by atoms with Gasteiger partial charge in [-0.05, 0) is 88.4 Å². The van der Waals surface area contributed by atoms with Crippen LogP contribution in [0, 0.1) is 12.7 Å². The lowest BCUT2D eigenvalue weighted by Crippen LogP contribution is -2.34. The number of hydrogen-bond donors (Lipinski definition) is 1. The van der Waals surface area contributed by atoms with Crippen molar-refractivity contribution in [3.63, 3.8) is 0 Å². The third-order valence-corrected chi connectivity index (χ3v) is 7.55. The molecule has 168 valence electrons. The first kappa shape index (κ1) is 22.6. The minimum absolute atomic E-state index is 0.0138. The minimum atomic E-state index is -0.471. The van der Waals surface area contributed by atoms with Gasteiger partial charge in [0.05, 0.1) is 12.0 Å². The number of imide groups is 1. The molecule has 1 heterocycles. The third-order valence-electron chi connectivity index (χ3n) is 6.74. The van der Waals surface area contributed by atoms with Crippen molar-refractivity contribution < 1.29 is 18.7 Å². The van der Waals surface area contributed by atoms with E-state index in [1.54, 1.807) is 12.1 Å². The van der Waals surface area contributed by atoms with E-state index >= 15 is 0 Å². The maximum Gasteiger partial charge on any atom is 0.290 e. The number of halogens is 1. The molecule has 2 aliphatic rings. The van der Waals surface area contributed by atoms with E-state index < -0.39 is 17.0 Å². The zero-order chi connectivity index (χ0) is 23.4. The summed E-state index contributed by atoms with van der Waals surface area (Å²) in [6.07, 6.45) is 3.80. The Morgan fingerprint density at radius 2 is 1.69 bits per heavy atom. The largest absolute Gasteiger partial charge is 0.493 e. The summed E-state index contributed by atoms with van der Waals surface area (Å²) in [7, 11) is 1.44. The molecule has 0 spiro atoms. The van der Waals surface area contributed by atoms with Crippen LogP contribution in [0.3, 0.4) is 0 Å². The minimum Gasteiger partial charge on any atom is -0.493 e. The van der Waals surface area contributed by atoms with Crippen molar-refractivity contribution >= 4 is 29.0 Å². The summed E-state index contributed by atoms with van der Waals surface area (Å²) in [5.74, 6) is -0.787. The average Bonchev–Trinajstić information content (AvgIpc) is 3.03. The van der Waals surface area contributed by atoms with E-state index in [4.69, 9.17) is 4.74 Å². The molecule has 32 heavy (non-hydrogen) atoms. The normalized spacial score (nSPS) is 20.3. The summed E-state index contributed by atoms with van der Waals surface area (Å²) >= 11 is 0.844. The predicted molar refractivity (Wildman–Crippen MR) is 128 cm³/mol. The Morgan fingerprint density at radius 3 is 2.25 bits per heavy atom. The number of carbonyl (C=O) groups excluding carboxylic acids is 2. The first-order chi connectivity index (χ1) is 14.9. The standard InChI is InChI=1S/C26H28FNO3S/c1-14-11-17-18(26(4,5)10-9-25(17,2)3)13-16(14)21-15(7-8-19(27)22(21)31-6)12-20-23(29)28-24(30)32-20/h7-8,11-13H,9-10H2,1-6H3,(H,28,29,30)/b20-12-. The van der Waals surface area contributed by atoms with Crippen molar-refractivity contribution in [3.8, 4) is 16.9 Å². The molecule has 2 aromatic rings. The quantitative estimate of drug-likeness (QED) is 0.540. The van der Waals surface area contributed by atoms with Gasteiger partial charge < -0.3 is 4.74 Å². The summed E-state index contributed by atoms with van der Waals surface area (Å²) in [6, 6.07) is 7.34. The highest BCUT2D eigenvalue weighted by Gasteiger charge is 2.38.